The van der Waals surface area contributed by atoms with Crippen molar-refractivity contribution in [1.82, 2.24) is 15.2 Å². The highest BCUT2D eigenvalue weighted by atomic mass is 35.5. The minimum Gasteiger partial charge on any atom is -0.324 e. The van der Waals surface area contributed by atoms with Crippen LogP contribution in [0.2, 0.25) is 5.02 Å². The van der Waals surface area contributed by atoms with E-state index in [1.54, 1.807) is 0 Å². The van der Waals surface area contributed by atoms with E-state index in [2.05, 4.69) is 20.5 Å². The van der Waals surface area contributed by atoms with E-state index < -0.39 is 23.2 Å². The number of carbonyl (C=O) groups is 1. The number of alkyl halides is 3. The summed E-state index contributed by atoms with van der Waals surface area (Å²) < 4.78 is 38.0. The van der Waals surface area contributed by atoms with Crippen molar-refractivity contribution >= 4 is 35.0 Å². The molecule has 128 valence electrons. The molecule has 2 aromatic rings. The number of aromatic amines is 1. The Hall–Kier alpha value is -2.07. The topological polar surface area (TPSA) is 87.7 Å². The number of nitrogens with one attached hydrogen (secondary N) is 2. The summed E-state index contributed by atoms with van der Waals surface area (Å²) in [6.45, 7) is 1.47. The minimum atomic E-state index is -4.55. The van der Waals surface area contributed by atoms with Crippen LogP contribution in [-0.4, -0.2) is 26.8 Å². The molecule has 6 nitrogen and oxygen atoms in total. The summed E-state index contributed by atoms with van der Waals surface area (Å²) in [6, 6.07) is 2.62. The third-order valence-electron chi connectivity index (χ3n) is 2.75. The minimum absolute atomic E-state index is 0.0233. The summed E-state index contributed by atoms with van der Waals surface area (Å²) in [7, 11) is 0. The van der Waals surface area contributed by atoms with E-state index >= 15 is 0 Å². The third kappa shape index (κ3) is 4.71. The lowest BCUT2D eigenvalue weighted by molar-refractivity contribution is -0.137. The number of carbonyl (C=O) groups excluding carboxylic acids is 1. The molecule has 1 aromatic carbocycles. The zero-order chi connectivity index (χ0) is 17.9. The molecule has 0 radical (unpaired) electrons. The highest BCUT2D eigenvalue weighted by Crippen LogP contribution is 2.33. The molecule has 11 heteroatoms. The molecule has 0 aliphatic rings. The van der Waals surface area contributed by atoms with Gasteiger partial charge in [-0.15, -0.1) is 10.2 Å². The van der Waals surface area contributed by atoms with Gasteiger partial charge in [-0.25, -0.2) is 0 Å². The molecular weight excluding hydrogens is 369 g/mol. The zero-order valence-electron chi connectivity index (χ0n) is 12.1. The first-order valence-electron chi connectivity index (χ1n) is 6.40. The average Bonchev–Trinajstić information content (AvgIpc) is 2.49. The van der Waals surface area contributed by atoms with E-state index in [1.807, 2.05) is 0 Å². The second kappa shape index (κ2) is 7.22. The average molecular weight is 379 g/mol. The van der Waals surface area contributed by atoms with Crippen molar-refractivity contribution in [2.75, 3.05) is 11.1 Å². The summed E-state index contributed by atoms with van der Waals surface area (Å²) in [5.41, 5.74) is -1.34. The van der Waals surface area contributed by atoms with Crippen LogP contribution in [0.3, 0.4) is 0 Å². The molecule has 0 unspecified atom stereocenters. The van der Waals surface area contributed by atoms with Crippen molar-refractivity contribution in [2.45, 2.75) is 18.3 Å². The Morgan fingerprint density at radius 3 is 2.71 bits per heavy atom. The van der Waals surface area contributed by atoms with Gasteiger partial charge in [-0.3, -0.25) is 14.6 Å². The van der Waals surface area contributed by atoms with Crippen molar-refractivity contribution < 1.29 is 18.0 Å². The van der Waals surface area contributed by atoms with E-state index in [4.69, 9.17) is 11.6 Å². The van der Waals surface area contributed by atoms with Crippen molar-refractivity contribution in [3.8, 4) is 0 Å². The number of hydrogen-bond donors (Lipinski definition) is 2. The van der Waals surface area contributed by atoms with Crippen LogP contribution < -0.4 is 10.9 Å². The molecule has 1 amide bonds. The van der Waals surface area contributed by atoms with E-state index in [0.29, 0.717) is 0 Å². The molecule has 0 fully saturated rings. The molecule has 0 aliphatic carbocycles. The maximum absolute atomic E-state index is 12.7. The fraction of sp³-hybridized carbons (Fsp3) is 0.231. The molecule has 2 rings (SSSR count). The van der Waals surface area contributed by atoms with Crippen molar-refractivity contribution in [3.63, 3.8) is 0 Å². The smallest absolute Gasteiger partial charge is 0.324 e. The number of nitrogens with zero attached hydrogens (tertiary/aromatic N) is 2. The molecule has 24 heavy (non-hydrogen) atoms. The Labute approximate surface area is 142 Å². The SMILES string of the molecule is Cc1nnc(SCC(=O)Nc2cc(C(F)(F)F)ccc2Cl)[nH]c1=O. The normalized spacial score (nSPS) is 11.4. The molecule has 0 spiro atoms. The Bertz CT molecular complexity index is 826. The standard InChI is InChI=1S/C13H10ClF3N4O2S/c1-6-11(23)19-12(21-20-6)24-5-10(22)18-9-4-7(13(15,16)17)2-3-8(9)14/h2-4H,5H2,1H3,(H,18,22)(H,19,21,23). The van der Waals surface area contributed by atoms with Crippen molar-refractivity contribution in [3.05, 3.63) is 44.8 Å². The number of amides is 1. The second-order valence-corrected chi connectivity index (χ2v) is 5.95. The van der Waals surface area contributed by atoms with Gasteiger partial charge in [-0.1, -0.05) is 23.4 Å². The van der Waals surface area contributed by atoms with E-state index in [1.165, 1.54) is 6.92 Å². The lowest BCUT2D eigenvalue weighted by Crippen LogP contribution is -2.18. The molecule has 0 aliphatic heterocycles. The predicted molar refractivity (Wildman–Crippen MR) is 83.2 cm³/mol. The third-order valence-corrected chi connectivity index (χ3v) is 3.94. The summed E-state index contributed by atoms with van der Waals surface area (Å²) in [6.07, 6.45) is -4.55. The second-order valence-electron chi connectivity index (χ2n) is 4.57. The van der Waals surface area contributed by atoms with Gasteiger partial charge in [-0.05, 0) is 25.1 Å². The largest absolute Gasteiger partial charge is 0.416 e. The van der Waals surface area contributed by atoms with Gasteiger partial charge in [0.2, 0.25) is 5.91 Å². The summed E-state index contributed by atoms with van der Waals surface area (Å²) in [5, 5.41) is 9.67. The van der Waals surface area contributed by atoms with Crippen LogP contribution in [0.15, 0.2) is 28.2 Å². The molecule has 2 N–H and O–H groups in total. The first-order valence-corrected chi connectivity index (χ1v) is 7.76. The lowest BCUT2D eigenvalue weighted by Gasteiger charge is -2.11. The molecule has 1 heterocycles. The van der Waals surface area contributed by atoms with E-state index in [9.17, 15) is 22.8 Å². The fourth-order valence-electron chi connectivity index (χ4n) is 1.56. The predicted octanol–water partition coefficient (Wildman–Crippen LogP) is 2.88. The van der Waals surface area contributed by atoms with Crippen molar-refractivity contribution in [2.24, 2.45) is 0 Å². The first kappa shape index (κ1) is 18.3. The van der Waals surface area contributed by atoms with Gasteiger partial charge < -0.3 is 5.32 Å². The quantitative estimate of drug-likeness (QED) is 0.799. The van der Waals surface area contributed by atoms with E-state index in [-0.39, 0.29) is 27.3 Å². The maximum Gasteiger partial charge on any atom is 0.416 e. The monoisotopic (exact) mass is 378 g/mol. The number of benzene rings is 1. The number of rotatable bonds is 4. The van der Waals surface area contributed by atoms with Gasteiger partial charge >= 0.3 is 6.18 Å². The molecule has 0 atom stereocenters. The zero-order valence-corrected chi connectivity index (χ0v) is 13.6. The lowest BCUT2D eigenvalue weighted by atomic mass is 10.2. The van der Waals surface area contributed by atoms with Gasteiger partial charge in [0.25, 0.3) is 5.56 Å². The van der Waals surface area contributed by atoms with Crippen LogP contribution >= 0.6 is 23.4 Å². The van der Waals surface area contributed by atoms with Crippen LogP contribution in [0.25, 0.3) is 0 Å². The molecule has 0 bridgehead atoms. The fourth-order valence-corrected chi connectivity index (χ4v) is 2.33. The number of halogens is 4. The highest BCUT2D eigenvalue weighted by Gasteiger charge is 2.31. The van der Waals surface area contributed by atoms with Gasteiger partial charge in [0.05, 0.1) is 22.0 Å². The molecule has 1 aromatic heterocycles. The molecular formula is C13H10ClF3N4O2S. The number of H-pyrrole nitrogens is 1. The number of aryl methyl sites for hydroxylation is 1. The summed E-state index contributed by atoms with van der Waals surface area (Å²) >= 11 is 6.67. The molecule has 0 saturated carbocycles. The first-order chi connectivity index (χ1) is 11.2. The van der Waals surface area contributed by atoms with Gasteiger partial charge in [-0.2, -0.15) is 13.2 Å². The summed E-state index contributed by atoms with van der Waals surface area (Å²) in [4.78, 5) is 25.6. The van der Waals surface area contributed by atoms with Crippen LogP contribution in [0.5, 0.6) is 0 Å². The maximum atomic E-state index is 12.7. The van der Waals surface area contributed by atoms with Crippen LogP contribution in [0, 0.1) is 6.92 Å². The van der Waals surface area contributed by atoms with Crippen LogP contribution in [0.4, 0.5) is 18.9 Å². The Balaban J connectivity index is 2.04. The summed E-state index contributed by atoms with van der Waals surface area (Å²) in [5.74, 6) is -0.801. The van der Waals surface area contributed by atoms with E-state index in [0.717, 1.165) is 30.0 Å². The van der Waals surface area contributed by atoms with Gasteiger partial charge in [0.1, 0.15) is 5.69 Å². The number of aromatic nitrogens is 3. The number of hydrogen-bond acceptors (Lipinski definition) is 5. The Kier molecular flexibility index (Phi) is 5.50. The Morgan fingerprint density at radius 1 is 1.38 bits per heavy atom. The number of thioether (sulfide) groups is 1. The molecule has 0 saturated heterocycles. The van der Waals surface area contributed by atoms with Crippen molar-refractivity contribution in [1.29, 1.82) is 0 Å². The van der Waals surface area contributed by atoms with Gasteiger partial charge in [0.15, 0.2) is 5.16 Å². The van der Waals surface area contributed by atoms with Crippen LogP contribution in [0.1, 0.15) is 11.3 Å². The number of anilines is 1. The van der Waals surface area contributed by atoms with Gasteiger partial charge in [0, 0.05) is 0 Å². The Morgan fingerprint density at radius 2 is 2.08 bits per heavy atom. The van der Waals surface area contributed by atoms with Crippen LogP contribution in [-0.2, 0) is 11.0 Å². The highest BCUT2D eigenvalue weighted by molar-refractivity contribution is 7.99.